The molecular formula is C10H21NNaO4S3Zn. The molecule has 0 saturated heterocycles. The van der Waals surface area contributed by atoms with Crippen LogP contribution in [0.1, 0.15) is 32.1 Å². The Hall–Kier alpha value is 1.70. The normalized spacial score (nSPS) is 11.9. The fourth-order valence-electron chi connectivity index (χ4n) is 1.37. The molecule has 0 fully saturated rings. The molecule has 0 aliphatic rings. The monoisotopic (exact) mass is 402 g/mol. The van der Waals surface area contributed by atoms with Gasteiger partial charge in [-0.15, -0.1) is 0 Å². The molecule has 20 heavy (non-hydrogen) atoms. The van der Waals surface area contributed by atoms with Crippen molar-refractivity contribution >= 4 is 70.8 Å². The van der Waals surface area contributed by atoms with Gasteiger partial charge < -0.3 is 5.32 Å². The van der Waals surface area contributed by atoms with Gasteiger partial charge in [-0.05, 0) is 25.0 Å². The summed E-state index contributed by atoms with van der Waals surface area (Å²) in [6.07, 6.45) is 3.93. The Morgan fingerprint density at radius 3 is 2.35 bits per heavy atom. The molecule has 0 aromatic heterocycles. The number of thiol groups is 2. The van der Waals surface area contributed by atoms with Gasteiger partial charge in [0.15, 0.2) is 0 Å². The summed E-state index contributed by atoms with van der Waals surface area (Å²) >= 11 is 8.50. The van der Waals surface area contributed by atoms with Crippen molar-refractivity contribution in [2.75, 3.05) is 18.1 Å². The third-order valence-corrected chi connectivity index (χ3v) is 3.83. The summed E-state index contributed by atoms with van der Waals surface area (Å²) in [6.45, 7) is -0.0491. The van der Waals surface area contributed by atoms with Crippen LogP contribution >= 0.6 is 25.3 Å². The predicted octanol–water partition coefficient (Wildman–Crippen LogP) is 0.786. The Bertz CT molecular complexity index is 343. The smallest absolute Gasteiger partial charge is 0.266 e. The van der Waals surface area contributed by atoms with E-state index in [2.05, 4.69) is 30.6 Å². The Labute approximate surface area is 167 Å². The zero-order valence-corrected chi connectivity index (χ0v) is 19.5. The fraction of sp³-hybridized carbons (Fsp3) is 0.900. The van der Waals surface area contributed by atoms with Crippen molar-refractivity contribution in [2.45, 2.75) is 37.4 Å². The summed E-state index contributed by atoms with van der Waals surface area (Å²) < 4.78 is 29.3. The minimum atomic E-state index is -3.99. The molecule has 1 unspecified atom stereocenters. The molecular weight excluding hydrogens is 383 g/mol. The molecule has 0 heterocycles. The summed E-state index contributed by atoms with van der Waals surface area (Å²) in [5.41, 5.74) is 0. The number of hydrogen-bond acceptors (Lipinski definition) is 5. The Kier molecular flexibility index (Phi) is 20.7. The van der Waals surface area contributed by atoms with E-state index in [4.69, 9.17) is 4.55 Å². The zero-order valence-electron chi connectivity index (χ0n) is 11.9. The third-order valence-electron chi connectivity index (χ3n) is 2.34. The van der Waals surface area contributed by atoms with Crippen molar-refractivity contribution in [3.63, 3.8) is 0 Å². The van der Waals surface area contributed by atoms with Crippen LogP contribution in [0, 0.1) is 0 Å². The van der Waals surface area contributed by atoms with E-state index >= 15 is 0 Å². The van der Waals surface area contributed by atoms with Crippen LogP contribution in [0.15, 0.2) is 0 Å². The van der Waals surface area contributed by atoms with Crippen LogP contribution < -0.4 is 5.32 Å². The van der Waals surface area contributed by atoms with E-state index in [1.165, 1.54) is 0 Å². The maximum Gasteiger partial charge on any atom is 0.266 e. The Balaban J connectivity index is -0.00000144. The van der Waals surface area contributed by atoms with E-state index in [0.29, 0.717) is 11.7 Å². The van der Waals surface area contributed by atoms with Crippen LogP contribution in [0.2, 0.25) is 0 Å². The predicted molar refractivity (Wildman–Crippen MR) is 84.9 cm³/mol. The quantitative estimate of drug-likeness (QED) is 0.188. The minimum absolute atomic E-state index is 0. The Morgan fingerprint density at radius 2 is 1.85 bits per heavy atom. The van der Waals surface area contributed by atoms with Gasteiger partial charge in [-0.25, -0.2) is 0 Å². The van der Waals surface area contributed by atoms with Crippen LogP contribution in [0.3, 0.4) is 0 Å². The first kappa shape index (κ1) is 26.6. The van der Waals surface area contributed by atoms with Gasteiger partial charge in [-0.3, -0.25) is 9.35 Å². The summed E-state index contributed by atoms with van der Waals surface area (Å²) in [4.78, 5) is 11.3. The summed E-state index contributed by atoms with van der Waals surface area (Å²) in [7, 11) is -3.99. The second kappa shape index (κ2) is 15.6. The second-order valence-electron chi connectivity index (χ2n) is 4.05. The summed E-state index contributed by atoms with van der Waals surface area (Å²) in [6, 6.07) is 0. The number of hydrogen-bond donors (Lipinski definition) is 4. The molecule has 0 aliphatic carbocycles. The fourth-order valence-corrected chi connectivity index (χ4v) is 2.55. The van der Waals surface area contributed by atoms with Crippen LogP contribution in [0.4, 0.5) is 0 Å². The number of carbonyl (C=O) groups excluding carboxylic acids is 1. The van der Waals surface area contributed by atoms with Crippen LogP contribution in [-0.4, -0.2) is 71.7 Å². The molecule has 0 aromatic rings. The van der Waals surface area contributed by atoms with Gasteiger partial charge >= 0.3 is 0 Å². The molecule has 0 bridgehead atoms. The van der Waals surface area contributed by atoms with Gasteiger partial charge in [0, 0.05) is 67.3 Å². The van der Waals surface area contributed by atoms with Crippen molar-refractivity contribution in [1.82, 2.24) is 5.32 Å². The number of amides is 1. The maximum absolute atomic E-state index is 11.3. The first-order chi connectivity index (χ1) is 8.35. The molecule has 1 atom stereocenters. The first-order valence-electron chi connectivity index (χ1n) is 5.86. The van der Waals surface area contributed by atoms with E-state index < -0.39 is 15.9 Å². The molecule has 5 nitrogen and oxygen atoms in total. The molecule has 0 spiro atoms. The standard InChI is InChI=1S/C10H21NO4S3.Na.Zn/c12-10(11-6-8-18(13,14)15)4-2-1-3-9(17)5-7-16;;/h9,16-17H,1-8H2,(H,11,12)(H,13,14,15);;. The maximum atomic E-state index is 11.3. The van der Waals surface area contributed by atoms with E-state index in [1.54, 1.807) is 0 Å². The van der Waals surface area contributed by atoms with E-state index in [0.717, 1.165) is 31.4 Å². The molecule has 10 heteroatoms. The van der Waals surface area contributed by atoms with Gasteiger partial charge in [0.2, 0.25) is 5.91 Å². The van der Waals surface area contributed by atoms with Crippen LogP contribution in [0.25, 0.3) is 0 Å². The van der Waals surface area contributed by atoms with Crippen molar-refractivity contribution < 1.29 is 37.2 Å². The van der Waals surface area contributed by atoms with E-state index in [1.807, 2.05) is 0 Å². The van der Waals surface area contributed by atoms with Crippen LogP contribution in [-0.2, 0) is 34.4 Å². The molecule has 1 amide bonds. The van der Waals surface area contributed by atoms with Crippen molar-refractivity contribution in [1.29, 1.82) is 0 Å². The van der Waals surface area contributed by atoms with Crippen LogP contribution in [0.5, 0.6) is 0 Å². The molecule has 0 aromatic carbocycles. The van der Waals surface area contributed by atoms with Crippen molar-refractivity contribution in [3.05, 3.63) is 0 Å². The Morgan fingerprint density at radius 1 is 1.25 bits per heavy atom. The topological polar surface area (TPSA) is 83.5 Å². The van der Waals surface area contributed by atoms with Gasteiger partial charge in [-0.2, -0.15) is 33.7 Å². The molecule has 0 rings (SSSR count). The first-order valence-corrected chi connectivity index (χ1v) is 8.61. The molecule has 2 N–H and O–H groups in total. The number of carbonyl (C=O) groups is 1. The van der Waals surface area contributed by atoms with Gasteiger partial charge in [-0.1, -0.05) is 6.42 Å². The van der Waals surface area contributed by atoms with Gasteiger partial charge in [0.05, 0.1) is 5.75 Å². The molecule has 0 aliphatic heterocycles. The van der Waals surface area contributed by atoms with E-state index in [-0.39, 0.29) is 61.5 Å². The molecule has 111 valence electrons. The summed E-state index contributed by atoms with van der Waals surface area (Å²) in [5.74, 6) is 0.174. The van der Waals surface area contributed by atoms with Gasteiger partial charge in [0.25, 0.3) is 10.1 Å². The minimum Gasteiger partial charge on any atom is -0.355 e. The van der Waals surface area contributed by atoms with Crippen molar-refractivity contribution in [2.24, 2.45) is 0 Å². The largest absolute Gasteiger partial charge is 0.355 e. The number of unbranched alkanes of at least 4 members (excludes halogenated alkanes) is 1. The molecule has 1 radical (unpaired) electrons. The van der Waals surface area contributed by atoms with Gasteiger partial charge in [0.1, 0.15) is 0 Å². The number of nitrogens with one attached hydrogen (secondary N) is 1. The van der Waals surface area contributed by atoms with Crippen molar-refractivity contribution in [3.8, 4) is 0 Å². The second-order valence-corrected chi connectivity index (χ2v) is 6.80. The SMILES string of the molecule is O=C(CCCCC(S)CCS)NCCS(=O)(=O)O.[Na].[Zn]. The average Bonchev–Trinajstić information content (AvgIpc) is 2.23. The number of rotatable bonds is 10. The zero-order chi connectivity index (χ0) is 14.0. The molecule has 0 saturated carbocycles. The average molecular weight is 404 g/mol. The summed E-state index contributed by atoms with van der Waals surface area (Å²) in [5, 5.41) is 2.77. The van der Waals surface area contributed by atoms with E-state index in [9.17, 15) is 13.2 Å². The third kappa shape index (κ3) is 19.7.